The molecular weight excluding hydrogens is 628 g/mol. The zero-order valence-corrected chi connectivity index (χ0v) is 29.0. The first-order valence-corrected chi connectivity index (χ1v) is 18.4. The number of aryl methyl sites for hydroxylation is 1. The lowest BCUT2D eigenvalue weighted by Crippen LogP contribution is -2.59. The number of aromatic amines is 1. The molecular formula is C39H46N8O3. The van der Waals surface area contributed by atoms with Crippen LogP contribution >= 0.6 is 0 Å². The molecule has 3 N–H and O–H groups in total. The van der Waals surface area contributed by atoms with Crippen LogP contribution in [-0.4, -0.2) is 101 Å². The van der Waals surface area contributed by atoms with E-state index in [-0.39, 0.29) is 11.9 Å². The van der Waals surface area contributed by atoms with Gasteiger partial charge in [-0.05, 0) is 107 Å². The third kappa shape index (κ3) is 5.20. The number of rotatable bonds is 7. The molecule has 1 aliphatic carbocycles. The zero-order chi connectivity index (χ0) is 34.0. The molecule has 6 heterocycles. The number of piperidine rings is 2. The molecule has 50 heavy (non-hydrogen) atoms. The summed E-state index contributed by atoms with van der Waals surface area (Å²) in [5.74, 6) is 0.761. The van der Waals surface area contributed by atoms with E-state index >= 15 is 0 Å². The fraction of sp³-hybridized carbons (Fsp3) is 0.487. The number of hydrogen-bond donors (Lipinski definition) is 3. The minimum atomic E-state index is -0.480. The van der Waals surface area contributed by atoms with Crippen LogP contribution in [0, 0.1) is 6.92 Å². The molecule has 0 atom stereocenters. The van der Waals surface area contributed by atoms with Crippen molar-refractivity contribution >= 4 is 40.0 Å². The Morgan fingerprint density at radius 2 is 1.72 bits per heavy atom. The first-order valence-electron chi connectivity index (χ1n) is 18.4. The number of fused-ring (bicyclic) bond motifs is 3. The van der Waals surface area contributed by atoms with Crippen molar-refractivity contribution in [2.45, 2.75) is 75.4 Å². The topological polar surface area (TPSA) is 119 Å². The van der Waals surface area contributed by atoms with Crippen LogP contribution in [0.15, 0.2) is 48.8 Å². The van der Waals surface area contributed by atoms with Crippen LogP contribution in [-0.2, 0) is 14.9 Å². The van der Waals surface area contributed by atoms with Crippen molar-refractivity contribution in [3.8, 4) is 11.3 Å². The summed E-state index contributed by atoms with van der Waals surface area (Å²) in [7, 11) is 1.64. The number of H-pyrrole nitrogens is 1. The average molecular weight is 675 g/mol. The number of hydrogen-bond acceptors (Lipinski definition) is 8. The molecule has 0 unspecified atom stereocenters. The number of pyridine rings is 1. The smallest absolute Gasteiger partial charge is 0.251 e. The van der Waals surface area contributed by atoms with Gasteiger partial charge >= 0.3 is 0 Å². The molecule has 3 saturated heterocycles. The van der Waals surface area contributed by atoms with Gasteiger partial charge < -0.3 is 30.2 Å². The van der Waals surface area contributed by atoms with Gasteiger partial charge in [-0.1, -0.05) is 24.6 Å². The van der Waals surface area contributed by atoms with Gasteiger partial charge in [-0.3, -0.25) is 14.5 Å². The Hall–Kier alpha value is -4.32. The number of likely N-dealkylation sites (tertiary alicyclic amines) is 2. The molecule has 2 aromatic carbocycles. The van der Waals surface area contributed by atoms with E-state index < -0.39 is 5.41 Å². The van der Waals surface area contributed by atoms with Gasteiger partial charge in [-0.25, -0.2) is 9.97 Å². The quantitative estimate of drug-likeness (QED) is 0.247. The Morgan fingerprint density at radius 1 is 0.940 bits per heavy atom. The molecule has 0 bridgehead atoms. The van der Waals surface area contributed by atoms with Gasteiger partial charge in [0.25, 0.3) is 5.91 Å². The number of nitrogens with zero attached hydrogens (tertiary/aromatic N) is 5. The van der Waals surface area contributed by atoms with Crippen LogP contribution < -0.4 is 15.5 Å². The van der Waals surface area contributed by atoms with E-state index in [1.54, 1.807) is 13.4 Å². The van der Waals surface area contributed by atoms with Crippen molar-refractivity contribution in [2.24, 2.45) is 0 Å². The van der Waals surface area contributed by atoms with Gasteiger partial charge in [0.2, 0.25) is 5.91 Å². The number of benzene rings is 2. The predicted octanol–water partition coefficient (Wildman–Crippen LogP) is 5.13. The second-order valence-electron chi connectivity index (χ2n) is 15.0. The summed E-state index contributed by atoms with van der Waals surface area (Å²) < 4.78 is 5.50. The van der Waals surface area contributed by atoms with Crippen LogP contribution in [0.5, 0.6) is 0 Å². The van der Waals surface area contributed by atoms with Crippen molar-refractivity contribution < 1.29 is 14.3 Å². The molecule has 2 aromatic heterocycles. The third-order valence-electron chi connectivity index (χ3n) is 12.2. The summed E-state index contributed by atoms with van der Waals surface area (Å²) >= 11 is 0. The summed E-state index contributed by atoms with van der Waals surface area (Å²) in [6, 6.07) is 15.6. The van der Waals surface area contributed by atoms with Gasteiger partial charge in [0.05, 0.1) is 42.2 Å². The van der Waals surface area contributed by atoms with E-state index in [9.17, 15) is 9.59 Å². The van der Waals surface area contributed by atoms with E-state index in [0.717, 1.165) is 91.2 Å². The number of carbonyl (C=O) groups excluding carboxylic acids is 2. The third-order valence-corrected chi connectivity index (χ3v) is 12.2. The van der Waals surface area contributed by atoms with Crippen LogP contribution in [0.3, 0.4) is 0 Å². The van der Waals surface area contributed by atoms with E-state index in [1.165, 1.54) is 37.9 Å². The SMILES string of the molecule is CNC(=O)c1cc(Nc2nc(-c3ccc4c(c3)N(C3CC(N5CCCCC5)C3)C(=O)C43CCN(C4COC4)CC3)cc3[nH]cnc23)ccc1C. The Morgan fingerprint density at radius 3 is 2.46 bits per heavy atom. The number of anilines is 3. The number of imidazole rings is 1. The summed E-state index contributed by atoms with van der Waals surface area (Å²) in [4.78, 5) is 47.6. The lowest BCUT2D eigenvalue weighted by atomic mass is 9.73. The Bertz CT molecular complexity index is 1950. The molecule has 5 aliphatic rings. The van der Waals surface area contributed by atoms with E-state index in [4.69, 9.17) is 9.72 Å². The second kappa shape index (κ2) is 12.5. The zero-order valence-electron chi connectivity index (χ0n) is 29.0. The molecule has 1 spiro atoms. The van der Waals surface area contributed by atoms with Crippen molar-refractivity contribution in [1.82, 2.24) is 30.1 Å². The highest BCUT2D eigenvalue weighted by Crippen LogP contribution is 2.52. The average Bonchev–Trinajstić information content (AvgIpc) is 3.67. The van der Waals surface area contributed by atoms with Crippen molar-refractivity contribution in [3.05, 3.63) is 65.5 Å². The van der Waals surface area contributed by atoms with Crippen molar-refractivity contribution in [2.75, 3.05) is 56.7 Å². The molecule has 11 nitrogen and oxygen atoms in total. The minimum absolute atomic E-state index is 0.135. The molecule has 4 aromatic rings. The molecule has 0 radical (unpaired) electrons. The van der Waals surface area contributed by atoms with Crippen LogP contribution in [0.1, 0.15) is 66.4 Å². The molecule has 4 fully saturated rings. The summed E-state index contributed by atoms with van der Waals surface area (Å²) in [6.07, 6.45) is 9.34. The van der Waals surface area contributed by atoms with E-state index in [0.29, 0.717) is 29.4 Å². The Labute approximate surface area is 292 Å². The summed E-state index contributed by atoms with van der Waals surface area (Å²) in [6.45, 7) is 7.74. The van der Waals surface area contributed by atoms with Gasteiger partial charge in [-0.15, -0.1) is 0 Å². The van der Waals surface area contributed by atoms with E-state index in [1.807, 2.05) is 31.2 Å². The normalized spacial score (nSPS) is 23.9. The Kier molecular flexibility index (Phi) is 7.89. The molecule has 4 aliphatic heterocycles. The lowest BCUT2D eigenvalue weighted by molar-refractivity contribution is -0.128. The Balaban J connectivity index is 1.06. The monoisotopic (exact) mass is 674 g/mol. The highest BCUT2D eigenvalue weighted by atomic mass is 16.5. The first-order chi connectivity index (χ1) is 24.4. The fourth-order valence-electron chi connectivity index (χ4n) is 9.05. The maximum atomic E-state index is 14.8. The molecule has 11 heteroatoms. The molecule has 260 valence electrons. The van der Waals surface area contributed by atoms with Crippen molar-refractivity contribution in [1.29, 1.82) is 0 Å². The predicted molar refractivity (Wildman–Crippen MR) is 194 cm³/mol. The summed E-state index contributed by atoms with van der Waals surface area (Å²) in [5, 5.41) is 6.17. The maximum absolute atomic E-state index is 14.8. The lowest BCUT2D eigenvalue weighted by Gasteiger charge is -2.48. The number of aromatic nitrogens is 3. The molecule has 9 rings (SSSR count). The van der Waals surface area contributed by atoms with Gasteiger partial charge in [0.15, 0.2) is 5.82 Å². The minimum Gasteiger partial charge on any atom is -0.378 e. The van der Waals surface area contributed by atoms with Crippen LogP contribution in [0.25, 0.3) is 22.3 Å². The fourth-order valence-corrected chi connectivity index (χ4v) is 9.05. The second-order valence-corrected chi connectivity index (χ2v) is 15.0. The van der Waals surface area contributed by atoms with Gasteiger partial charge in [0, 0.05) is 41.6 Å². The highest BCUT2D eigenvalue weighted by Gasteiger charge is 2.56. The van der Waals surface area contributed by atoms with Gasteiger partial charge in [0.1, 0.15) is 5.52 Å². The van der Waals surface area contributed by atoms with Crippen LogP contribution in [0.2, 0.25) is 0 Å². The summed E-state index contributed by atoms with van der Waals surface area (Å²) in [5.41, 5.74) is 7.34. The van der Waals surface area contributed by atoms with Gasteiger partial charge in [-0.2, -0.15) is 0 Å². The first kappa shape index (κ1) is 31.6. The van der Waals surface area contributed by atoms with E-state index in [2.05, 4.69) is 53.5 Å². The number of ether oxygens (including phenoxy) is 1. The van der Waals surface area contributed by atoms with Crippen LogP contribution in [0.4, 0.5) is 17.2 Å². The molecule has 1 saturated carbocycles. The number of nitrogens with one attached hydrogen (secondary N) is 3. The largest absolute Gasteiger partial charge is 0.378 e. The maximum Gasteiger partial charge on any atom is 0.251 e. The molecule has 2 amide bonds. The highest BCUT2D eigenvalue weighted by molar-refractivity contribution is 6.09. The number of amides is 2. The number of carbonyl (C=O) groups is 2. The van der Waals surface area contributed by atoms with Crippen molar-refractivity contribution in [3.63, 3.8) is 0 Å². The standard InChI is InChI=1S/C39H46N8O3/c1-24-6-8-26(17-30(24)37(48)40-2)43-36-35-33(41-23-42-35)20-32(44-36)25-7-9-31-34(16-25)47(28-18-27(19-28)45-12-4-3-5-13-45)38(49)39(31)10-14-46(15-11-39)29-21-50-22-29/h6-9,16-17,20,23,27-29H,3-5,10-15,18-19,21-22H2,1-2H3,(H,40,48)(H,41,42)(H,43,44).